The van der Waals surface area contributed by atoms with Gasteiger partial charge < -0.3 is 9.80 Å². The second-order valence-electron chi connectivity index (χ2n) is 6.01. The van der Waals surface area contributed by atoms with Gasteiger partial charge in [-0.25, -0.2) is 13.4 Å². The fraction of sp³-hybridized carbons (Fsp3) is 0.467. The molecule has 3 rings (SSSR count). The van der Waals surface area contributed by atoms with Crippen LogP contribution >= 0.6 is 22.9 Å². The average Bonchev–Trinajstić information content (AvgIpc) is 3.01. The molecule has 0 atom stereocenters. The molecular formula is C15H20ClN5O2S2. The summed E-state index contributed by atoms with van der Waals surface area (Å²) >= 11 is 6.96. The number of halogens is 1. The van der Waals surface area contributed by atoms with E-state index in [4.69, 9.17) is 11.6 Å². The fourth-order valence-electron chi connectivity index (χ4n) is 2.60. The highest BCUT2D eigenvalue weighted by molar-refractivity contribution is 7.91. The van der Waals surface area contributed by atoms with Gasteiger partial charge in [0.25, 0.3) is 10.0 Å². The number of piperazine rings is 1. The van der Waals surface area contributed by atoms with E-state index in [2.05, 4.69) is 9.97 Å². The number of thiophene rings is 1. The number of rotatable bonds is 4. The molecule has 0 aromatic carbocycles. The highest BCUT2D eigenvalue weighted by Crippen LogP contribution is 2.29. The Hall–Kier alpha value is -1.42. The van der Waals surface area contributed by atoms with Crippen molar-refractivity contribution >= 4 is 44.7 Å². The van der Waals surface area contributed by atoms with Crippen LogP contribution in [0.4, 0.5) is 11.8 Å². The van der Waals surface area contributed by atoms with Gasteiger partial charge in [-0.05, 0) is 19.1 Å². The number of aromatic nitrogens is 2. The Labute approximate surface area is 156 Å². The minimum Gasteiger partial charge on any atom is -0.363 e. The lowest BCUT2D eigenvalue weighted by Crippen LogP contribution is -2.49. The van der Waals surface area contributed by atoms with E-state index in [0.29, 0.717) is 36.5 Å². The minimum atomic E-state index is -3.48. The lowest BCUT2D eigenvalue weighted by molar-refractivity contribution is 0.383. The molecule has 1 fully saturated rings. The van der Waals surface area contributed by atoms with Crippen molar-refractivity contribution in [3.8, 4) is 0 Å². The maximum atomic E-state index is 12.7. The van der Waals surface area contributed by atoms with Crippen molar-refractivity contribution < 1.29 is 8.42 Å². The van der Waals surface area contributed by atoms with E-state index < -0.39 is 10.0 Å². The van der Waals surface area contributed by atoms with Gasteiger partial charge in [0.05, 0.1) is 4.34 Å². The molecule has 25 heavy (non-hydrogen) atoms. The fourth-order valence-corrected chi connectivity index (χ4v) is 5.66. The van der Waals surface area contributed by atoms with Crippen molar-refractivity contribution in [1.29, 1.82) is 0 Å². The number of anilines is 2. The monoisotopic (exact) mass is 401 g/mol. The topological polar surface area (TPSA) is 69.6 Å². The molecule has 0 N–H and O–H groups in total. The number of hydrogen-bond acceptors (Lipinski definition) is 7. The molecule has 3 heterocycles. The summed E-state index contributed by atoms with van der Waals surface area (Å²) in [7, 11) is 0.381. The number of hydrogen-bond donors (Lipinski definition) is 0. The third kappa shape index (κ3) is 3.89. The van der Waals surface area contributed by atoms with E-state index in [9.17, 15) is 8.42 Å². The summed E-state index contributed by atoms with van der Waals surface area (Å²) in [5, 5.41) is 0. The van der Waals surface area contributed by atoms with E-state index in [0.717, 1.165) is 22.8 Å². The summed E-state index contributed by atoms with van der Waals surface area (Å²) in [5.74, 6) is 1.48. The molecule has 0 spiro atoms. The zero-order chi connectivity index (χ0) is 18.2. The largest absolute Gasteiger partial charge is 0.363 e. The van der Waals surface area contributed by atoms with Crippen LogP contribution in [0.15, 0.2) is 22.4 Å². The third-order valence-electron chi connectivity index (χ3n) is 3.95. The van der Waals surface area contributed by atoms with Gasteiger partial charge in [-0.2, -0.15) is 9.29 Å². The highest BCUT2D eigenvalue weighted by atomic mass is 35.5. The van der Waals surface area contributed by atoms with Crippen molar-refractivity contribution in [3.63, 3.8) is 0 Å². The van der Waals surface area contributed by atoms with E-state index in [1.54, 1.807) is 12.1 Å². The summed E-state index contributed by atoms with van der Waals surface area (Å²) < 4.78 is 27.6. The van der Waals surface area contributed by atoms with Gasteiger partial charge in [-0.1, -0.05) is 11.6 Å². The Morgan fingerprint density at radius 1 is 1.16 bits per heavy atom. The highest BCUT2D eigenvalue weighted by Gasteiger charge is 2.30. The second kappa shape index (κ2) is 7.06. The minimum absolute atomic E-state index is 0.285. The van der Waals surface area contributed by atoms with E-state index in [1.165, 1.54) is 4.31 Å². The SMILES string of the molecule is Cc1cc(N(C)C)nc(N2CCN(S(=O)(=O)c3ccc(Cl)s3)CC2)n1. The van der Waals surface area contributed by atoms with Gasteiger partial charge in [0.15, 0.2) is 0 Å². The molecule has 0 unspecified atom stereocenters. The summed E-state index contributed by atoms with van der Waals surface area (Å²) in [6.45, 7) is 3.82. The summed E-state index contributed by atoms with van der Waals surface area (Å²) in [6.07, 6.45) is 0. The van der Waals surface area contributed by atoms with Gasteiger partial charge in [0.2, 0.25) is 5.95 Å². The molecule has 7 nitrogen and oxygen atoms in total. The summed E-state index contributed by atoms with van der Waals surface area (Å²) in [4.78, 5) is 13.0. The Morgan fingerprint density at radius 3 is 2.40 bits per heavy atom. The molecule has 0 saturated carbocycles. The van der Waals surface area contributed by atoms with Crippen molar-refractivity contribution in [2.45, 2.75) is 11.1 Å². The quantitative estimate of drug-likeness (QED) is 0.781. The van der Waals surface area contributed by atoms with Crippen LogP contribution in [0.2, 0.25) is 4.34 Å². The zero-order valence-electron chi connectivity index (χ0n) is 14.3. The first-order valence-corrected chi connectivity index (χ1v) is 10.4. The van der Waals surface area contributed by atoms with E-state index in [-0.39, 0.29) is 4.21 Å². The smallest absolute Gasteiger partial charge is 0.252 e. The van der Waals surface area contributed by atoms with Gasteiger partial charge in [-0.15, -0.1) is 11.3 Å². The molecule has 136 valence electrons. The molecule has 0 bridgehead atoms. The Bertz CT molecular complexity index is 861. The number of aryl methyl sites for hydroxylation is 1. The molecule has 0 radical (unpaired) electrons. The van der Waals surface area contributed by atoms with Crippen LogP contribution in [-0.2, 0) is 10.0 Å². The lowest BCUT2D eigenvalue weighted by atomic mass is 10.3. The van der Waals surface area contributed by atoms with Crippen molar-refractivity contribution in [2.24, 2.45) is 0 Å². The average molecular weight is 402 g/mol. The van der Waals surface area contributed by atoms with E-state index in [1.807, 2.05) is 36.9 Å². The Balaban J connectivity index is 1.74. The standard InChI is InChI=1S/C15H20ClN5O2S2/c1-11-10-13(19(2)3)18-15(17-11)20-6-8-21(9-7-20)25(22,23)14-5-4-12(16)24-14/h4-5,10H,6-9H2,1-3H3. The van der Waals surface area contributed by atoms with Gasteiger partial charge >= 0.3 is 0 Å². The Morgan fingerprint density at radius 2 is 1.84 bits per heavy atom. The van der Waals surface area contributed by atoms with Crippen LogP contribution in [0.25, 0.3) is 0 Å². The van der Waals surface area contributed by atoms with Gasteiger partial charge in [-0.3, -0.25) is 0 Å². The first kappa shape index (κ1) is 18.4. The van der Waals surface area contributed by atoms with Crippen LogP contribution < -0.4 is 9.80 Å². The van der Waals surface area contributed by atoms with E-state index >= 15 is 0 Å². The maximum absolute atomic E-state index is 12.7. The Kier molecular flexibility index (Phi) is 5.19. The lowest BCUT2D eigenvalue weighted by Gasteiger charge is -2.34. The molecule has 1 saturated heterocycles. The molecule has 0 aliphatic carbocycles. The molecule has 2 aromatic heterocycles. The van der Waals surface area contributed by atoms with Crippen molar-refractivity contribution in [2.75, 3.05) is 50.1 Å². The van der Waals surface area contributed by atoms with Gasteiger partial charge in [0, 0.05) is 52.0 Å². The second-order valence-corrected chi connectivity index (χ2v) is 9.89. The van der Waals surface area contributed by atoms with Crippen LogP contribution in [0, 0.1) is 6.92 Å². The maximum Gasteiger partial charge on any atom is 0.252 e. The summed E-state index contributed by atoms with van der Waals surface area (Å²) in [6, 6.07) is 5.09. The molecule has 2 aromatic rings. The molecule has 1 aliphatic rings. The molecule has 1 aliphatic heterocycles. The number of nitrogens with zero attached hydrogens (tertiary/aromatic N) is 5. The first-order valence-electron chi connectivity index (χ1n) is 7.81. The zero-order valence-corrected chi connectivity index (χ0v) is 16.7. The molecule has 10 heteroatoms. The third-order valence-corrected chi connectivity index (χ3v) is 7.55. The molecular weight excluding hydrogens is 382 g/mol. The predicted octanol–water partition coefficient (Wildman–Crippen LogP) is 2.08. The number of sulfonamides is 1. The van der Waals surface area contributed by atoms with Crippen LogP contribution in [0.1, 0.15) is 5.69 Å². The first-order chi connectivity index (χ1) is 11.8. The van der Waals surface area contributed by atoms with Crippen molar-refractivity contribution in [1.82, 2.24) is 14.3 Å². The summed E-state index contributed by atoms with van der Waals surface area (Å²) in [5.41, 5.74) is 0.886. The predicted molar refractivity (Wildman–Crippen MR) is 101 cm³/mol. The molecule has 0 amide bonds. The normalized spacial score (nSPS) is 16.2. The van der Waals surface area contributed by atoms with Crippen LogP contribution in [0.5, 0.6) is 0 Å². The van der Waals surface area contributed by atoms with Crippen LogP contribution in [-0.4, -0.2) is 63.0 Å². The van der Waals surface area contributed by atoms with Gasteiger partial charge in [0.1, 0.15) is 10.0 Å². The van der Waals surface area contributed by atoms with Crippen LogP contribution in [0.3, 0.4) is 0 Å². The van der Waals surface area contributed by atoms with Crippen molar-refractivity contribution in [3.05, 3.63) is 28.2 Å².